The van der Waals surface area contributed by atoms with E-state index in [1.54, 1.807) is 12.1 Å². The number of carbonyl (C=O) groups excluding carboxylic acids is 2. The lowest BCUT2D eigenvalue weighted by molar-refractivity contribution is 0.0941. The third-order valence-electron chi connectivity index (χ3n) is 3.47. The van der Waals surface area contributed by atoms with Crippen LogP contribution in [0.5, 0.6) is 0 Å². The third kappa shape index (κ3) is 2.90. The molecule has 0 fully saturated rings. The number of amides is 1. The standard InChI is InChI=1S/C17H12BrFN2O2/c1-10(22)21-9-13(12-7-6-11(19)8-16(12)21)17(23)20-15-5-3-2-4-14(15)18/h2-9H,1H3,(H,20,23). The fraction of sp³-hybridized carbons (Fsp3) is 0.0588. The minimum Gasteiger partial charge on any atom is -0.321 e. The Bertz CT molecular complexity index is 933. The van der Waals surface area contributed by atoms with Crippen molar-refractivity contribution < 1.29 is 14.0 Å². The predicted molar refractivity (Wildman–Crippen MR) is 90.3 cm³/mol. The molecule has 1 aromatic heterocycles. The molecule has 0 aliphatic rings. The molecule has 2 aromatic carbocycles. The highest BCUT2D eigenvalue weighted by atomic mass is 79.9. The number of nitrogens with zero attached hydrogens (tertiary/aromatic N) is 1. The number of fused-ring (bicyclic) bond motifs is 1. The lowest BCUT2D eigenvalue weighted by Gasteiger charge is -2.06. The number of rotatable bonds is 2. The molecule has 0 saturated heterocycles. The normalized spacial score (nSPS) is 10.7. The highest BCUT2D eigenvalue weighted by Gasteiger charge is 2.18. The summed E-state index contributed by atoms with van der Waals surface area (Å²) in [5.41, 5.74) is 1.30. The Hall–Kier alpha value is -2.47. The van der Waals surface area contributed by atoms with Gasteiger partial charge < -0.3 is 5.32 Å². The van der Waals surface area contributed by atoms with Crippen LogP contribution in [0.25, 0.3) is 10.9 Å². The number of anilines is 1. The second kappa shape index (κ2) is 5.96. The van der Waals surface area contributed by atoms with E-state index in [0.29, 0.717) is 22.2 Å². The fourth-order valence-electron chi connectivity index (χ4n) is 2.39. The van der Waals surface area contributed by atoms with Gasteiger partial charge in [-0.25, -0.2) is 4.39 Å². The molecule has 3 aromatic rings. The molecule has 0 atom stereocenters. The van der Waals surface area contributed by atoms with Gasteiger partial charge in [-0.3, -0.25) is 14.2 Å². The van der Waals surface area contributed by atoms with Gasteiger partial charge in [0, 0.05) is 23.0 Å². The van der Waals surface area contributed by atoms with Gasteiger partial charge in [-0.05, 0) is 46.3 Å². The van der Waals surface area contributed by atoms with Crippen molar-refractivity contribution in [3.63, 3.8) is 0 Å². The molecule has 0 bridgehead atoms. The molecule has 116 valence electrons. The first-order valence-corrected chi connectivity index (χ1v) is 7.64. The van der Waals surface area contributed by atoms with Gasteiger partial charge in [0.05, 0.1) is 16.8 Å². The van der Waals surface area contributed by atoms with Crippen LogP contribution in [0.15, 0.2) is 53.1 Å². The number of hydrogen-bond donors (Lipinski definition) is 1. The Morgan fingerprint density at radius 3 is 2.61 bits per heavy atom. The molecule has 0 saturated carbocycles. The maximum atomic E-state index is 13.5. The zero-order chi connectivity index (χ0) is 16.6. The molecular weight excluding hydrogens is 363 g/mol. The van der Waals surface area contributed by atoms with Gasteiger partial charge in [0.2, 0.25) is 5.91 Å². The van der Waals surface area contributed by atoms with Crippen molar-refractivity contribution in [3.8, 4) is 0 Å². The summed E-state index contributed by atoms with van der Waals surface area (Å²) in [5, 5.41) is 3.30. The first-order chi connectivity index (χ1) is 11.0. The van der Waals surface area contributed by atoms with Crippen molar-refractivity contribution in [3.05, 3.63) is 64.5 Å². The van der Waals surface area contributed by atoms with Crippen LogP contribution < -0.4 is 5.32 Å². The van der Waals surface area contributed by atoms with E-state index in [0.717, 1.165) is 4.47 Å². The van der Waals surface area contributed by atoms with Crippen LogP contribution >= 0.6 is 15.9 Å². The maximum Gasteiger partial charge on any atom is 0.257 e. The number of nitrogens with one attached hydrogen (secondary N) is 1. The summed E-state index contributed by atoms with van der Waals surface area (Å²) >= 11 is 3.36. The van der Waals surface area contributed by atoms with Crippen molar-refractivity contribution in [1.82, 2.24) is 4.57 Å². The van der Waals surface area contributed by atoms with Crippen molar-refractivity contribution in [2.45, 2.75) is 6.92 Å². The largest absolute Gasteiger partial charge is 0.321 e. The SMILES string of the molecule is CC(=O)n1cc(C(=O)Nc2ccccc2Br)c2ccc(F)cc21. The van der Waals surface area contributed by atoms with Crippen molar-refractivity contribution in [1.29, 1.82) is 0 Å². The highest BCUT2D eigenvalue weighted by Crippen LogP contribution is 2.26. The minimum absolute atomic E-state index is 0.291. The quantitative estimate of drug-likeness (QED) is 0.719. The summed E-state index contributed by atoms with van der Waals surface area (Å²) in [4.78, 5) is 24.3. The van der Waals surface area contributed by atoms with E-state index in [2.05, 4.69) is 21.2 Å². The summed E-state index contributed by atoms with van der Waals surface area (Å²) in [6.07, 6.45) is 1.43. The van der Waals surface area contributed by atoms with Gasteiger partial charge in [0.15, 0.2) is 0 Å². The molecule has 0 radical (unpaired) electrons. The number of benzene rings is 2. The monoisotopic (exact) mass is 374 g/mol. The first-order valence-electron chi connectivity index (χ1n) is 6.85. The van der Waals surface area contributed by atoms with Crippen molar-refractivity contribution in [2.75, 3.05) is 5.32 Å². The topological polar surface area (TPSA) is 51.1 Å². The Morgan fingerprint density at radius 2 is 1.91 bits per heavy atom. The van der Waals surface area contributed by atoms with Crippen molar-refractivity contribution >= 4 is 44.3 Å². The fourth-order valence-corrected chi connectivity index (χ4v) is 2.78. The van der Waals surface area contributed by atoms with E-state index in [1.807, 2.05) is 12.1 Å². The Labute approximate surface area is 140 Å². The average molecular weight is 375 g/mol. The van der Waals surface area contributed by atoms with E-state index >= 15 is 0 Å². The second-order valence-corrected chi connectivity index (χ2v) is 5.88. The maximum absolute atomic E-state index is 13.5. The molecule has 0 aliphatic carbocycles. The molecular formula is C17H12BrFN2O2. The average Bonchev–Trinajstić information content (AvgIpc) is 2.88. The second-order valence-electron chi connectivity index (χ2n) is 5.03. The van der Waals surface area contributed by atoms with E-state index in [1.165, 1.54) is 35.9 Å². The van der Waals surface area contributed by atoms with Crippen LogP contribution in [-0.2, 0) is 0 Å². The van der Waals surface area contributed by atoms with Gasteiger partial charge in [0.25, 0.3) is 5.91 Å². The van der Waals surface area contributed by atoms with Gasteiger partial charge in [-0.2, -0.15) is 0 Å². The number of hydrogen-bond acceptors (Lipinski definition) is 2. The summed E-state index contributed by atoms with van der Waals surface area (Å²) in [6, 6.07) is 11.2. The highest BCUT2D eigenvalue weighted by molar-refractivity contribution is 9.10. The first kappa shape index (κ1) is 15.4. The smallest absolute Gasteiger partial charge is 0.257 e. The summed E-state index contributed by atoms with van der Waals surface area (Å²) in [7, 11) is 0. The summed E-state index contributed by atoms with van der Waals surface area (Å²) in [5.74, 6) is -1.12. The van der Waals surface area contributed by atoms with E-state index in [9.17, 15) is 14.0 Å². The van der Waals surface area contributed by atoms with Crippen LogP contribution in [-0.4, -0.2) is 16.4 Å². The van der Waals surface area contributed by atoms with E-state index in [-0.39, 0.29) is 11.8 Å². The number of aromatic nitrogens is 1. The minimum atomic E-state index is -0.462. The Morgan fingerprint density at radius 1 is 1.17 bits per heavy atom. The van der Waals surface area contributed by atoms with Gasteiger partial charge in [-0.1, -0.05) is 12.1 Å². The summed E-state index contributed by atoms with van der Waals surface area (Å²) < 4.78 is 15.5. The van der Waals surface area contributed by atoms with Crippen LogP contribution in [0.3, 0.4) is 0 Å². The van der Waals surface area contributed by atoms with Crippen molar-refractivity contribution in [2.24, 2.45) is 0 Å². The molecule has 0 spiro atoms. The number of carbonyl (C=O) groups is 2. The lowest BCUT2D eigenvalue weighted by atomic mass is 10.1. The van der Waals surface area contributed by atoms with Crippen LogP contribution in [0, 0.1) is 5.82 Å². The number of halogens is 2. The molecule has 0 aliphatic heterocycles. The third-order valence-corrected chi connectivity index (χ3v) is 4.17. The predicted octanol–water partition coefficient (Wildman–Crippen LogP) is 4.46. The van der Waals surface area contributed by atoms with Gasteiger partial charge in [-0.15, -0.1) is 0 Å². The van der Waals surface area contributed by atoms with Crippen LogP contribution in [0.4, 0.5) is 10.1 Å². The van der Waals surface area contributed by atoms with Gasteiger partial charge in [0.1, 0.15) is 5.82 Å². The summed E-state index contributed by atoms with van der Waals surface area (Å²) in [6.45, 7) is 1.36. The lowest BCUT2D eigenvalue weighted by Crippen LogP contribution is -2.12. The van der Waals surface area contributed by atoms with Gasteiger partial charge >= 0.3 is 0 Å². The number of para-hydroxylation sites is 1. The Balaban J connectivity index is 2.07. The zero-order valence-corrected chi connectivity index (χ0v) is 13.7. The molecule has 1 N–H and O–H groups in total. The van der Waals surface area contributed by atoms with E-state index in [4.69, 9.17) is 0 Å². The van der Waals surface area contributed by atoms with E-state index < -0.39 is 5.82 Å². The molecule has 3 rings (SSSR count). The molecule has 0 unspecified atom stereocenters. The molecule has 6 heteroatoms. The van der Waals surface area contributed by atoms with Crippen LogP contribution in [0.2, 0.25) is 0 Å². The zero-order valence-electron chi connectivity index (χ0n) is 12.1. The Kier molecular flexibility index (Phi) is 4.00. The molecule has 23 heavy (non-hydrogen) atoms. The van der Waals surface area contributed by atoms with Crippen LogP contribution in [0.1, 0.15) is 22.1 Å². The molecule has 1 amide bonds. The molecule has 1 heterocycles. The molecule has 4 nitrogen and oxygen atoms in total.